The highest BCUT2D eigenvalue weighted by Gasteiger charge is 2.11. The number of carbonyl (C=O) groups is 1. The Hall–Kier alpha value is -1.26. The Labute approximate surface area is 106 Å². The summed E-state index contributed by atoms with van der Waals surface area (Å²) in [6.07, 6.45) is 1.22. The molecule has 5 heteroatoms. The van der Waals surface area contributed by atoms with Gasteiger partial charge >= 0.3 is 5.97 Å². The number of rotatable bonds is 7. The zero-order chi connectivity index (χ0) is 12.7. The molecule has 1 aromatic rings. The van der Waals surface area contributed by atoms with Gasteiger partial charge in [0.05, 0.1) is 0 Å². The van der Waals surface area contributed by atoms with Crippen molar-refractivity contribution in [1.29, 1.82) is 0 Å². The van der Waals surface area contributed by atoms with Gasteiger partial charge in [0.15, 0.2) is 0 Å². The largest absolute Gasteiger partial charge is 0.480 e. The zero-order valence-electron chi connectivity index (χ0n) is 9.53. The Morgan fingerprint density at radius 1 is 1.53 bits per heavy atom. The Morgan fingerprint density at radius 3 is 2.94 bits per heavy atom. The van der Waals surface area contributed by atoms with E-state index in [4.69, 9.17) is 22.4 Å². The lowest BCUT2D eigenvalue weighted by molar-refractivity contribution is -0.138. The Bertz CT molecular complexity index is 371. The molecule has 0 radical (unpaired) electrons. The fraction of sp³-hybridized carbons (Fsp3) is 0.417. The van der Waals surface area contributed by atoms with Gasteiger partial charge in [0.2, 0.25) is 0 Å². The molecule has 0 aliphatic carbocycles. The standard InChI is InChI=1S/C12H17ClN2O2/c13-5-2-6-15-10-4-1-3-9(7-10)8-11(14)12(16)17/h1,3-4,7,11,15H,2,5-6,8,14H2,(H,16,17). The van der Waals surface area contributed by atoms with Crippen molar-refractivity contribution in [3.8, 4) is 0 Å². The number of aliphatic carboxylic acids is 1. The van der Waals surface area contributed by atoms with Crippen molar-refractivity contribution in [1.82, 2.24) is 0 Å². The van der Waals surface area contributed by atoms with E-state index in [2.05, 4.69) is 5.32 Å². The first kappa shape index (κ1) is 13.8. The van der Waals surface area contributed by atoms with Crippen LogP contribution in [0.25, 0.3) is 0 Å². The predicted octanol–water partition coefficient (Wildman–Crippen LogP) is 1.68. The van der Waals surface area contributed by atoms with Gasteiger partial charge in [-0.15, -0.1) is 11.6 Å². The van der Waals surface area contributed by atoms with E-state index in [9.17, 15) is 4.79 Å². The number of hydrogen-bond acceptors (Lipinski definition) is 3. The van der Waals surface area contributed by atoms with Gasteiger partial charge in [0.25, 0.3) is 0 Å². The van der Waals surface area contributed by atoms with E-state index in [1.807, 2.05) is 24.3 Å². The van der Waals surface area contributed by atoms with Crippen LogP contribution in [-0.4, -0.2) is 29.5 Å². The molecule has 0 saturated heterocycles. The van der Waals surface area contributed by atoms with Crippen LogP contribution in [0.2, 0.25) is 0 Å². The van der Waals surface area contributed by atoms with Gasteiger partial charge in [-0.1, -0.05) is 12.1 Å². The van der Waals surface area contributed by atoms with E-state index in [-0.39, 0.29) is 0 Å². The fourth-order valence-electron chi connectivity index (χ4n) is 1.45. The number of carboxylic acid groups (broad SMARTS) is 1. The van der Waals surface area contributed by atoms with E-state index < -0.39 is 12.0 Å². The highest BCUT2D eigenvalue weighted by atomic mass is 35.5. The second kappa shape index (κ2) is 7.14. The van der Waals surface area contributed by atoms with Crippen LogP contribution in [0.1, 0.15) is 12.0 Å². The van der Waals surface area contributed by atoms with Crippen LogP contribution >= 0.6 is 11.6 Å². The SMILES string of the molecule is NC(Cc1cccc(NCCCCl)c1)C(=O)O. The summed E-state index contributed by atoms with van der Waals surface area (Å²) in [6.45, 7) is 0.804. The van der Waals surface area contributed by atoms with Crippen LogP contribution in [0.3, 0.4) is 0 Å². The topological polar surface area (TPSA) is 75.3 Å². The first-order chi connectivity index (χ1) is 8.13. The van der Waals surface area contributed by atoms with Gasteiger partial charge in [0.1, 0.15) is 6.04 Å². The third-order valence-electron chi connectivity index (χ3n) is 2.34. The molecule has 0 heterocycles. The molecule has 0 aromatic heterocycles. The molecule has 4 N–H and O–H groups in total. The second-order valence-corrected chi connectivity index (χ2v) is 4.20. The van der Waals surface area contributed by atoms with Crippen molar-refractivity contribution in [3.05, 3.63) is 29.8 Å². The average molecular weight is 257 g/mol. The molecule has 4 nitrogen and oxygen atoms in total. The maximum absolute atomic E-state index is 10.6. The Kier molecular flexibility index (Phi) is 5.80. The molecule has 0 bridgehead atoms. The molecule has 0 saturated carbocycles. The first-order valence-corrected chi connectivity index (χ1v) is 6.04. The number of anilines is 1. The predicted molar refractivity (Wildman–Crippen MR) is 69.6 cm³/mol. The monoisotopic (exact) mass is 256 g/mol. The molecule has 94 valence electrons. The molecule has 0 amide bonds. The Balaban J connectivity index is 2.56. The molecule has 1 aromatic carbocycles. The summed E-state index contributed by atoms with van der Waals surface area (Å²) in [5.41, 5.74) is 7.36. The summed E-state index contributed by atoms with van der Waals surface area (Å²) in [5.74, 6) is -0.359. The molecule has 1 unspecified atom stereocenters. The van der Waals surface area contributed by atoms with Crippen LogP contribution in [0.4, 0.5) is 5.69 Å². The highest BCUT2D eigenvalue weighted by Crippen LogP contribution is 2.12. The van der Waals surface area contributed by atoms with Crippen LogP contribution in [0, 0.1) is 0 Å². The quantitative estimate of drug-likeness (QED) is 0.513. The van der Waals surface area contributed by atoms with E-state index in [0.717, 1.165) is 24.2 Å². The number of carboxylic acids is 1. The molecule has 1 atom stereocenters. The number of halogens is 1. The van der Waals surface area contributed by atoms with Gasteiger partial charge in [0, 0.05) is 18.1 Å². The minimum Gasteiger partial charge on any atom is -0.480 e. The lowest BCUT2D eigenvalue weighted by Crippen LogP contribution is -2.32. The van der Waals surface area contributed by atoms with Gasteiger partial charge in [-0.05, 0) is 30.5 Å². The third kappa shape index (κ3) is 5.06. The first-order valence-electron chi connectivity index (χ1n) is 5.50. The fourth-order valence-corrected chi connectivity index (χ4v) is 1.58. The van der Waals surface area contributed by atoms with Gasteiger partial charge in [-0.3, -0.25) is 4.79 Å². The van der Waals surface area contributed by atoms with Crippen LogP contribution in [-0.2, 0) is 11.2 Å². The molecular weight excluding hydrogens is 240 g/mol. The molecule has 17 heavy (non-hydrogen) atoms. The third-order valence-corrected chi connectivity index (χ3v) is 2.61. The van der Waals surface area contributed by atoms with E-state index in [1.54, 1.807) is 0 Å². The zero-order valence-corrected chi connectivity index (χ0v) is 10.3. The summed E-state index contributed by atoms with van der Waals surface area (Å²) in [5, 5.41) is 11.9. The number of benzene rings is 1. The molecule has 0 aliphatic heterocycles. The van der Waals surface area contributed by atoms with Crippen LogP contribution in [0.5, 0.6) is 0 Å². The average Bonchev–Trinajstić information content (AvgIpc) is 2.30. The molecule has 0 spiro atoms. The van der Waals surface area contributed by atoms with Gasteiger partial charge in [-0.25, -0.2) is 0 Å². The van der Waals surface area contributed by atoms with E-state index >= 15 is 0 Å². The normalized spacial score (nSPS) is 12.1. The number of nitrogens with one attached hydrogen (secondary N) is 1. The van der Waals surface area contributed by atoms with Crippen molar-refractivity contribution in [3.63, 3.8) is 0 Å². The molecule has 1 rings (SSSR count). The summed E-state index contributed by atoms with van der Waals surface area (Å²) in [7, 11) is 0. The summed E-state index contributed by atoms with van der Waals surface area (Å²) in [6, 6.07) is 6.75. The minimum atomic E-state index is -0.981. The van der Waals surface area contributed by atoms with Crippen molar-refractivity contribution in [2.45, 2.75) is 18.9 Å². The number of nitrogens with two attached hydrogens (primary N) is 1. The van der Waals surface area contributed by atoms with Gasteiger partial charge in [-0.2, -0.15) is 0 Å². The maximum atomic E-state index is 10.6. The summed E-state index contributed by atoms with van der Waals surface area (Å²) < 4.78 is 0. The maximum Gasteiger partial charge on any atom is 0.320 e. The van der Waals surface area contributed by atoms with Crippen molar-refractivity contribution in [2.24, 2.45) is 5.73 Å². The molecular formula is C12H17ClN2O2. The van der Waals surface area contributed by atoms with E-state index in [1.165, 1.54) is 0 Å². The van der Waals surface area contributed by atoms with Crippen molar-refractivity contribution >= 4 is 23.3 Å². The van der Waals surface area contributed by atoms with Crippen LogP contribution < -0.4 is 11.1 Å². The Morgan fingerprint density at radius 2 is 2.29 bits per heavy atom. The van der Waals surface area contributed by atoms with Gasteiger partial charge < -0.3 is 16.2 Å². The lowest BCUT2D eigenvalue weighted by Gasteiger charge is -2.09. The second-order valence-electron chi connectivity index (χ2n) is 3.82. The summed E-state index contributed by atoms with van der Waals surface area (Å²) in [4.78, 5) is 10.6. The van der Waals surface area contributed by atoms with E-state index in [0.29, 0.717) is 12.3 Å². The van der Waals surface area contributed by atoms with Crippen LogP contribution in [0.15, 0.2) is 24.3 Å². The van der Waals surface area contributed by atoms with Crippen molar-refractivity contribution in [2.75, 3.05) is 17.7 Å². The molecule has 0 fully saturated rings. The smallest absolute Gasteiger partial charge is 0.320 e. The molecule has 0 aliphatic rings. The highest BCUT2D eigenvalue weighted by molar-refractivity contribution is 6.17. The number of hydrogen-bond donors (Lipinski definition) is 3. The minimum absolute atomic E-state index is 0.334. The number of alkyl halides is 1. The van der Waals surface area contributed by atoms with Crippen molar-refractivity contribution < 1.29 is 9.90 Å². The summed E-state index contributed by atoms with van der Waals surface area (Å²) >= 11 is 5.58. The lowest BCUT2D eigenvalue weighted by atomic mass is 10.1.